The van der Waals surface area contributed by atoms with Crippen LogP contribution in [0.15, 0.2) is 30.3 Å². The first-order valence-electron chi connectivity index (χ1n) is 8.40. The SMILES string of the molecule is CC(C)CC(=O)N1CCN(C(=O)NCCc2ccccc2)CC1. The highest BCUT2D eigenvalue weighted by molar-refractivity contribution is 5.77. The van der Waals surface area contributed by atoms with Gasteiger partial charge in [0.25, 0.3) is 0 Å². The molecule has 5 nitrogen and oxygen atoms in total. The Morgan fingerprint density at radius 1 is 1.04 bits per heavy atom. The van der Waals surface area contributed by atoms with E-state index in [9.17, 15) is 9.59 Å². The summed E-state index contributed by atoms with van der Waals surface area (Å²) in [5, 5.41) is 2.96. The molecule has 0 saturated carbocycles. The third-order valence-corrected chi connectivity index (χ3v) is 4.04. The van der Waals surface area contributed by atoms with Crippen molar-refractivity contribution in [2.45, 2.75) is 26.7 Å². The van der Waals surface area contributed by atoms with E-state index in [4.69, 9.17) is 0 Å². The largest absolute Gasteiger partial charge is 0.339 e. The number of carbonyl (C=O) groups is 2. The van der Waals surface area contributed by atoms with Crippen LogP contribution >= 0.6 is 0 Å². The van der Waals surface area contributed by atoms with Gasteiger partial charge in [0.1, 0.15) is 0 Å². The molecule has 1 aromatic rings. The van der Waals surface area contributed by atoms with Crippen LogP contribution in [-0.4, -0.2) is 54.5 Å². The number of rotatable bonds is 5. The average Bonchev–Trinajstić information content (AvgIpc) is 2.55. The summed E-state index contributed by atoms with van der Waals surface area (Å²) < 4.78 is 0. The van der Waals surface area contributed by atoms with E-state index in [-0.39, 0.29) is 11.9 Å². The summed E-state index contributed by atoms with van der Waals surface area (Å²) in [6.45, 7) is 7.23. The average molecular weight is 317 g/mol. The van der Waals surface area contributed by atoms with Crippen LogP contribution in [0.3, 0.4) is 0 Å². The van der Waals surface area contributed by atoms with Crippen LogP contribution in [0.2, 0.25) is 0 Å². The van der Waals surface area contributed by atoms with Gasteiger partial charge in [-0.1, -0.05) is 44.2 Å². The fourth-order valence-electron chi connectivity index (χ4n) is 2.71. The van der Waals surface area contributed by atoms with Crippen molar-refractivity contribution in [3.8, 4) is 0 Å². The van der Waals surface area contributed by atoms with Crippen LogP contribution in [0.1, 0.15) is 25.8 Å². The Morgan fingerprint density at radius 2 is 1.65 bits per heavy atom. The maximum absolute atomic E-state index is 12.2. The number of nitrogens with zero attached hydrogens (tertiary/aromatic N) is 2. The number of urea groups is 1. The summed E-state index contributed by atoms with van der Waals surface area (Å²) in [4.78, 5) is 27.8. The number of carbonyl (C=O) groups excluding carboxylic acids is 2. The van der Waals surface area contributed by atoms with Crippen molar-refractivity contribution in [2.24, 2.45) is 5.92 Å². The van der Waals surface area contributed by atoms with Crippen molar-refractivity contribution in [1.82, 2.24) is 15.1 Å². The lowest BCUT2D eigenvalue weighted by Crippen LogP contribution is -2.53. The Bertz CT molecular complexity index is 508. The van der Waals surface area contributed by atoms with Gasteiger partial charge in [-0.3, -0.25) is 4.79 Å². The van der Waals surface area contributed by atoms with E-state index in [1.54, 1.807) is 4.90 Å². The molecule has 0 atom stereocenters. The van der Waals surface area contributed by atoms with Gasteiger partial charge in [0.15, 0.2) is 0 Å². The molecule has 0 aromatic heterocycles. The normalized spacial score (nSPS) is 14.9. The highest BCUT2D eigenvalue weighted by atomic mass is 16.2. The number of nitrogens with one attached hydrogen (secondary N) is 1. The molecule has 0 aliphatic carbocycles. The lowest BCUT2D eigenvalue weighted by Gasteiger charge is -2.35. The smallest absolute Gasteiger partial charge is 0.317 e. The maximum atomic E-state index is 12.2. The molecular formula is C18H27N3O2. The number of piperazine rings is 1. The first-order valence-corrected chi connectivity index (χ1v) is 8.40. The fourth-order valence-corrected chi connectivity index (χ4v) is 2.71. The van der Waals surface area contributed by atoms with E-state index in [1.165, 1.54) is 5.56 Å². The zero-order valence-corrected chi connectivity index (χ0v) is 14.1. The quantitative estimate of drug-likeness (QED) is 0.904. The molecule has 0 radical (unpaired) electrons. The van der Waals surface area contributed by atoms with Gasteiger partial charge in [-0.05, 0) is 17.9 Å². The minimum atomic E-state index is -0.0307. The maximum Gasteiger partial charge on any atom is 0.317 e. The van der Waals surface area contributed by atoms with Crippen molar-refractivity contribution in [2.75, 3.05) is 32.7 Å². The molecule has 0 spiro atoms. The van der Waals surface area contributed by atoms with Gasteiger partial charge >= 0.3 is 6.03 Å². The summed E-state index contributed by atoms with van der Waals surface area (Å²) in [7, 11) is 0. The molecule has 2 rings (SSSR count). The van der Waals surface area contributed by atoms with Crippen molar-refractivity contribution in [3.63, 3.8) is 0 Å². The molecule has 1 aliphatic heterocycles. The minimum Gasteiger partial charge on any atom is -0.339 e. The summed E-state index contributed by atoms with van der Waals surface area (Å²) in [6.07, 6.45) is 1.42. The van der Waals surface area contributed by atoms with Crippen LogP contribution in [0.5, 0.6) is 0 Å². The monoisotopic (exact) mass is 317 g/mol. The summed E-state index contributed by atoms with van der Waals surface area (Å²) in [5.41, 5.74) is 1.22. The Hall–Kier alpha value is -2.04. The van der Waals surface area contributed by atoms with Gasteiger partial charge in [-0.25, -0.2) is 4.79 Å². The van der Waals surface area contributed by atoms with Gasteiger partial charge in [0, 0.05) is 39.1 Å². The Morgan fingerprint density at radius 3 is 2.26 bits per heavy atom. The van der Waals surface area contributed by atoms with E-state index in [1.807, 2.05) is 36.9 Å². The molecule has 3 amide bonds. The standard InChI is InChI=1S/C18H27N3O2/c1-15(2)14-17(22)20-10-12-21(13-11-20)18(23)19-9-8-16-6-4-3-5-7-16/h3-7,15H,8-14H2,1-2H3,(H,19,23). The van der Waals surface area contributed by atoms with Gasteiger partial charge in [-0.2, -0.15) is 0 Å². The topological polar surface area (TPSA) is 52.7 Å². The van der Waals surface area contributed by atoms with Gasteiger partial charge in [-0.15, -0.1) is 0 Å². The third-order valence-electron chi connectivity index (χ3n) is 4.04. The lowest BCUT2D eigenvalue weighted by atomic mass is 10.1. The molecule has 1 aliphatic rings. The minimum absolute atomic E-state index is 0.0307. The zero-order valence-electron chi connectivity index (χ0n) is 14.1. The predicted molar refractivity (Wildman–Crippen MR) is 91.2 cm³/mol. The second-order valence-electron chi connectivity index (χ2n) is 6.43. The Kier molecular flexibility index (Phi) is 6.44. The van der Waals surface area contributed by atoms with Crippen molar-refractivity contribution < 1.29 is 9.59 Å². The highest BCUT2D eigenvalue weighted by Gasteiger charge is 2.24. The fraction of sp³-hybridized carbons (Fsp3) is 0.556. The van der Waals surface area contributed by atoms with E-state index >= 15 is 0 Å². The van der Waals surface area contributed by atoms with E-state index < -0.39 is 0 Å². The molecule has 0 unspecified atom stereocenters. The molecule has 1 aromatic carbocycles. The molecule has 5 heteroatoms. The second kappa shape index (κ2) is 8.56. The van der Waals surface area contributed by atoms with Crippen LogP contribution < -0.4 is 5.32 Å². The first kappa shape index (κ1) is 17.3. The number of benzene rings is 1. The van der Waals surface area contributed by atoms with Crippen LogP contribution in [0.4, 0.5) is 4.79 Å². The van der Waals surface area contributed by atoms with Gasteiger partial charge < -0.3 is 15.1 Å². The highest BCUT2D eigenvalue weighted by Crippen LogP contribution is 2.08. The molecule has 1 heterocycles. The third kappa shape index (κ3) is 5.58. The number of hydrogen-bond donors (Lipinski definition) is 1. The molecule has 23 heavy (non-hydrogen) atoms. The second-order valence-corrected chi connectivity index (χ2v) is 6.43. The van der Waals surface area contributed by atoms with Crippen LogP contribution in [0, 0.1) is 5.92 Å². The molecular weight excluding hydrogens is 290 g/mol. The van der Waals surface area contributed by atoms with Crippen molar-refractivity contribution in [1.29, 1.82) is 0 Å². The number of hydrogen-bond acceptors (Lipinski definition) is 2. The van der Waals surface area contributed by atoms with Gasteiger partial charge in [0.2, 0.25) is 5.91 Å². The van der Waals surface area contributed by atoms with Crippen molar-refractivity contribution in [3.05, 3.63) is 35.9 Å². The van der Waals surface area contributed by atoms with E-state index in [0.29, 0.717) is 45.1 Å². The number of amides is 3. The van der Waals surface area contributed by atoms with Crippen LogP contribution in [-0.2, 0) is 11.2 Å². The molecule has 126 valence electrons. The Balaban J connectivity index is 1.68. The summed E-state index contributed by atoms with van der Waals surface area (Å²) >= 11 is 0. The van der Waals surface area contributed by atoms with E-state index in [2.05, 4.69) is 17.4 Å². The molecule has 1 saturated heterocycles. The molecule has 1 fully saturated rings. The predicted octanol–water partition coefficient (Wildman–Crippen LogP) is 2.13. The van der Waals surface area contributed by atoms with Crippen LogP contribution in [0.25, 0.3) is 0 Å². The lowest BCUT2D eigenvalue weighted by molar-refractivity contribution is -0.133. The summed E-state index contributed by atoms with van der Waals surface area (Å²) in [5.74, 6) is 0.575. The van der Waals surface area contributed by atoms with Gasteiger partial charge in [0.05, 0.1) is 0 Å². The molecule has 0 bridgehead atoms. The zero-order chi connectivity index (χ0) is 16.7. The molecule has 1 N–H and O–H groups in total. The first-order chi connectivity index (χ1) is 11.1. The van der Waals surface area contributed by atoms with E-state index in [0.717, 1.165) is 6.42 Å². The Labute approximate surface area is 138 Å². The summed E-state index contributed by atoms with van der Waals surface area (Å²) in [6, 6.07) is 10.1. The van der Waals surface area contributed by atoms with Crippen molar-refractivity contribution >= 4 is 11.9 Å².